The van der Waals surface area contributed by atoms with Crippen LogP contribution in [0.25, 0.3) is 44.1 Å². The molecule has 8 aromatic rings. The van der Waals surface area contributed by atoms with Gasteiger partial charge >= 0.3 is 0 Å². The van der Waals surface area contributed by atoms with Gasteiger partial charge in [-0.15, -0.1) is 0 Å². The van der Waals surface area contributed by atoms with Gasteiger partial charge < -0.3 is 75.1 Å². The second-order valence-corrected chi connectivity index (χ2v) is 29.8. The summed E-state index contributed by atoms with van der Waals surface area (Å²) in [7, 11) is 10.2. The molecule has 8 aliphatic rings. The first-order valence-corrected chi connectivity index (χ1v) is 41.2. The molecule has 0 bridgehead atoms. The predicted molar refractivity (Wildman–Crippen MR) is 427 cm³/mol. The number of likely N-dealkylation sites (N-methyl/N-ethyl adjacent to an activating group) is 4. The van der Waals surface area contributed by atoms with Crippen molar-refractivity contribution in [3.63, 3.8) is 0 Å². The Morgan fingerprint density at radius 1 is 0.318 bits per heavy atom. The number of aromatic nitrogens is 12. The number of hydrogen-bond donors (Lipinski definition) is 8. The van der Waals surface area contributed by atoms with Gasteiger partial charge in [0.25, 0.3) is 23.6 Å². The van der Waals surface area contributed by atoms with Crippen LogP contribution in [-0.2, 0) is 36.2 Å². The monoisotopic (exact) mass is 1500 g/mol. The van der Waals surface area contributed by atoms with E-state index in [1.807, 2.05) is 159 Å². The standard InChI is InChI=1S/C17H24N6O3S.3C17H24N6O.4C2H6/c1-22-7-8-23-14(16(22)24)9-11-10-18-17(20-15(11)23)19-12-3-5-13(6-4-12)21-27(2,25)26;3*1-18-12-3-5-13(6-4-12)20-17-19-10-11-9-14-16(24)22(2)7-8-23(14)15(11)21-17;4*1-2/h9-10,12-13,21H,3-8H2,1-2H3,(H,18,19,20);3*9-10,12-13,18H,3-8H2,1-2H3,(H,19,20,21);4*1-2H3. The highest BCUT2D eigenvalue weighted by Crippen LogP contribution is 2.31. The number of amides is 4. The average molecular weight is 1500 g/mol. The van der Waals surface area contributed by atoms with Crippen LogP contribution in [0.2, 0.25) is 0 Å². The van der Waals surface area contributed by atoms with Crippen molar-refractivity contribution in [1.29, 1.82) is 0 Å². The summed E-state index contributed by atoms with van der Waals surface area (Å²) in [5.74, 6) is 2.73. The molecule has 4 saturated carbocycles. The van der Waals surface area contributed by atoms with Crippen LogP contribution in [0.5, 0.6) is 0 Å². The zero-order valence-corrected chi connectivity index (χ0v) is 67.0. The lowest BCUT2D eigenvalue weighted by Gasteiger charge is -2.29. The van der Waals surface area contributed by atoms with E-state index in [1.54, 1.807) is 32.8 Å². The minimum absolute atomic E-state index is 0.00194. The third-order valence-electron chi connectivity index (χ3n) is 21.3. The molecule has 4 aliphatic heterocycles. The second-order valence-electron chi connectivity index (χ2n) is 28.0. The molecular formula is C76H120N24O6S. The molecule has 0 aromatic carbocycles. The summed E-state index contributed by atoms with van der Waals surface area (Å²) in [4.78, 5) is 92.6. The number of anilines is 4. The van der Waals surface area contributed by atoms with Gasteiger partial charge in [0.2, 0.25) is 33.8 Å². The molecule has 0 saturated heterocycles. The van der Waals surface area contributed by atoms with Gasteiger partial charge in [-0.25, -0.2) is 33.1 Å². The van der Waals surface area contributed by atoms with Crippen LogP contribution < -0.4 is 41.9 Å². The van der Waals surface area contributed by atoms with Gasteiger partial charge in [-0.1, -0.05) is 55.4 Å². The van der Waals surface area contributed by atoms with Crippen LogP contribution in [0.4, 0.5) is 23.8 Å². The van der Waals surface area contributed by atoms with Crippen molar-refractivity contribution in [2.75, 3.05) is 103 Å². The molecular weight excluding hydrogens is 1380 g/mol. The van der Waals surface area contributed by atoms with Crippen molar-refractivity contribution in [3.8, 4) is 0 Å². The lowest BCUT2D eigenvalue weighted by atomic mass is 9.91. The molecule has 107 heavy (non-hydrogen) atoms. The van der Waals surface area contributed by atoms with Crippen LogP contribution in [0.1, 0.15) is 200 Å². The zero-order valence-electron chi connectivity index (χ0n) is 66.2. The molecule has 0 radical (unpaired) electrons. The average Bonchev–Trinajstić information content (AvgIpc) is 1.65. The number of nitrogens with one attached hydrogen (secondary N) is 8. The minimum atomic E-state index is -3.16. The van der Waals surface area contributed by atoms with Crippen molar-refractivity contribution in [3.05, 3.63) is 71.8 Å². The number of hydrogen-bond acceptors (Lipinski definition) is 21. The first-order valence-electron chi connectivity index (χ1n) is 39.3. The highest BCUT2D eigenvalue weighted by atomic mass is 32.2. The zero-order chi connectivity index (χ0) is 77.2. The lowest BCUT2D eigenvalue weighted by Crippen LogP contribution is -2.39. The summed E-state index contributed by atoms with van der Waals surface area (Å²) in [6.07, 6.45) is 25.5. The topological polar surface area (TPSA) is 334 Å². The van der Waals surface area contributed by atoms with Crippen molar-refractivity contribution in [2.45, 2.75) is 233 Å². The molecule has 12 heterocycles. The summed E-state index contributed by atoms with van der Waals surface area (Å²) < 4.78 is 33.4. The van der Waals surface area contributed by atoms with E-state index in [2.05, 4.69) is 66.9 Å². The van der Waals surface area contributed by atoms with Gasteiger partial charge in [0, 0.05) is 175 Å². The second kappa shape index (κ2) is 38.4. The molecule has 8 aromatic heterocycles. The van der Waals surface area contributed by atoms with Gasteiger partial charge in [0.15, 0.2) is 0 Å². The Labute approximate surface area is 632 Å². The van der Waals surface area contributed by atoms with E-state index >= 15 is 0 Å². The van der Waals surface area contributed by atoms with Crippen molar-refractivity contribution >= 4 is 102 Å². The number of rotatable bonds is 13. The van der Waals surface area contributed by atoms with Crippen molar-refractivity contribution in [2.24, 2.45) is 0 Å². The summed E-state index contributed by atoms with van der Waals surface area (Å²) in [6.45, 7) is 21.9. The molecule has 4 amide bonds. The maximum atomic E-state index is 12.3. The molecule has 586 valence electrons. The smallest absolute Gasteiger partial charge is 0.270 e. The Bertz CT molecular complexity index is 4060. The fourth-order valence-corrected chi connectivity index (χ4v) is 16.0. The van der Waals surface area contributed by atoms with Crippen molar-refractivity contribution < 1.29 is 27.6 Å². The van der Waals surface area contributed by atoms with E-state index in [1.165, 1.54) is 44.8 Å². The molecule has 0 atom stereocenters. The van der Waals surface area contributed by atoms with E-state index in [-0.39, 0.29) is 35.7 Å². The van der Waals surface area contributed by atoms with Crippen LogP contribution in [-0.4, -0.2) is 240 Å². The van der Waals surface area contributed by atoms with Gasteiger partial charge in [0.1, 0.15) is 45.4 Å². The highest BCUT2D eigenvalue weighted by Gasteiger charge is 2.32. The van der Waals surface area contributed by atoms with Gasteiger partial charge in [0.05, 0.1) is 6.26 Å². The summed E-state index contributed by atoms with van der Waals surface area (Å²) in [5, 5.41) is 27.5. The SMILES string of the molecule is CC.CC.CC.CC.CN1CCn2c(cc3cnc(NC4CCC(NS(C)(=O)=O)CC4)nc32)C1=O.CNC1CCC(Nc2ncc3cc4n(c3n2)CCN(C)C4=O)CC1.CNC1CCC(Nc2ncc3cc4n(c3n2)CCN(C)C4=O)CC1.CNC1CCC(Nc2ncc3cc4n(c3n2)CCN(C)C4=O)CC1. The van der Waals surface area contributed by atoms with Crippen LogP contribution in [0, 0.1) is 0 Å². The Morgan fingerprint density at radius 3 is 0.710 bits per heavy atom. The summed E-state index contributed by atoms with van der Waals surface area (Å²) >= 11 is 0. The number of carbonyl (C=O) groups excluding carboxylic acids is 4. The first-order chi connectivity index (χ1) is 51.8. The van der Waals surface area contributed by atoms with Gasteiger partial charge in [-0.05, 0) is 148 Å². The molecule has 4 fully saturated rings. The van der Waals surface area contributed by atoms with Crippen molar-refractivity contribution in [1.82, 2.24) is 98.4 Å². The highest BCUT2D eigenvalue weighted by molar-refractivity contribution is 7.88. The van der Waals surface area contributed by atoms with E-state index < -0.39 is 10.0 Å². The number of fused-ring (bicyclic) bond motifs is 12. The number of nitrogens with zero attached hydrogens (tertiary/aromatic N) is 16. The largest absolute Gasteiger partial charge is 0.351 e. The Kier molecular flexibility index (Phi) is 29.6. The molecule has 8 N–H and O–H groups in total. The molecule has 16 rings (SSSR count). The third-order valence-corrected chi connectivity index (χ3v) is 22.0. The van der Waals surface area contributed by atoms with Crippen LogP contribution >= 0.6 is 0 Å². The maximum Gasteiger partial charge on any atom is 0.270 e. The van der Waals surface area contributed by atoms with Crippen LogP contribution in [0.15, 0.2) is 49.1 Å². The fourth-order valence-electron chi connectivity index (χ4n) is 15.2. The fraction of sp³-hybridized carbons (Fsp3) is 0.632. The molecule has 4 aliphatic carbocycles. The number of carbonyl (C=O) groups is 4. The molecule has 0 spiro atoms. The maximum absolute atomic E-state index is 12.3. The first kappa shape index (κ1) is 82.4. The third kappa shape index (κ3) is 20.0. The lowest BCUT2D eigenvalue weighted by molar-refractivity contribution is 0.0744. The Balaban J connectivity index is 0.000000160. The number of sulfonamides is 1. The van der Waals surface area contributed by atoms with Gasteiger partial charge in [-0.2, -0.15) is 19.9 Å². The molecule has 0 unspecified atom stereocenters. The summed E-state index contributed by atoms with van der Waals surface area (Å²) in [6, 6.07) is 10.9. The Morgan fingerprint density at radius 2 is 0.514 bits per heavy atom. The molecule has 31 heteroatoms. The quantitative estimate of drug-likeness (QED) is 0.0533. The minimum Gasteiger partial charge on any atom is -0.351 e. The van der Waals surface area contributed by atoms with E-state index in [9.17, 15) is 27.6 Å². The van der Waals surface area contributed by atoms with Gasteiger partial charge in [-0.3, -0.25) is 19.2 Å². The Hall–Kier alpha value is -8.65. The van der Waals surface area contributed by atoms with Crippen LogP contribution in [0.3, 0.4) is 0 Å². The van der Waals surface area contributed by atoms with E-state index in [4.69, 9.17) is 15.0 Å². The van der Waals surface area contributed by atoms with E-state index in [0.717, 1.165) is 154 Å². The van der Waals surface area contributed by atoms with E-state index in [0.29, 0.717) is 89.4 Å². The molecule has 30 nitrogen and oxygen atoms in total. The predicted octanol–water partition coefficient (Wildman–Crippen LogP) is 9.27. The normalized spacial score (nSPS) is 22.5. The summed E-state index contributed by atoms with van der Waals surface area (Å²) in [5.41, 5.74) is 6.11.